The maximum Gasteiger partial charge on any atom is 0.573 e. The fourth-order valence-corrected chi connectivity index (χ4v) is 2.85. The number of nitrogens with zero attached hydrogens (tertiary/aromatic N) is 2. The number of hydrogen-bond acceptors (Lipinski definition) is 4. The largest absolute Gasteiger partial charge is 0.573 e. The van der Waals surface area contributed by atoms with Gasteiger partial charge in [0.15, 0.2) is 5.96 Å². The summed E-state index contributed by atoms with van der Waals surface area (Å²) in [5.41, 5.74) is 7.52. The number of carbonyl (C=O) groups is 2. The number of rotatable bonds is 5. The van der Waals surface area contributed by atoms with E-state index in [2.05, 4.69) is 20.4 Å². The van der Waals surface area contributed by atoms with Crippen LogP contribution in [0.3, 0.4) is 0 Å². The van der Waals surface area contributed by atoms with Crippen LogP contribution in [0.2, 0.25) is 0 Å². The monoisotopic (exact) mass is 435 g/mol. The summed E-state index contributed by atoms with van der Waals surface area (Å²) in [6, 6.07) is 11.9. The molecule has 164 valence electrons. The van der Waals surface area contributed by atoms with E-state index in [-0.39, 0.29) is 36.6 Å². The Morgan fingerprint density at radius 1 is 1.16 bits per heavy atom. The van der Waals surface area contributed by atoms with Crippen molar-refractivity contribution in [3.8, 4) is 5.75 Å². The van der Waals surface area contributed by atoms with Gasteiger partial charge in [-0.1, -0.05) is 12.1 Å². The van der Waals surface area contributed by atoms with Crippen LogP contribution in [0.25, 0.3) is 0 Å². The van der Waals surface area contributed by atoms with Gasteiger partial charge < -0.3 is 26.0 Å². The van der Waals surface area contributed by atoms with Crippen LogP contribution in [0.1, 0.15) is 15.9 Å². The number of benzene rings is 2. The highest BCUT2D eigenvalue weighted by Gasteiger charge is 2.31. The molecule has 8 nitrogen and oxygen atoms in total. The molecule has 0 atom stereocenters. The first-order chi connectivity index (χ1) is 14.7. The third kappa shape index (κ3) is 6.63. The van der Waals surface area contributed by atoms with Crippen LogP contribution in [-0.2, 0) is 11.3 Å². The van der Waals surface area contributed by atoms with E-state index in [9.17, 15) is 22.8 Å². The number of nitrogens with one attached hydrogen (secondary N) is 2. The normalized spacial score (nSPS) is 14.7. The number of piperazine rings is 1. The number of guanidine groups is 1. The van der Waals surface area contributed by atoms with Gasteiger partial charge in [0.05, 0.1) is 13.1 Å². The average molecular weight is 435 g/mol. The van der Waals surface area contributed by atoms with Gasteiger partial charge in [0.1, 0.15) is 5.75 Å². The Kier molecular flexibility index (Phi) is 6.63. The Morgan fingerprint density at radius 2 is 1.84 bits per heavy atom. The standard InChI is InChI=1S/C20H20F3N5O3/c21-20(22,23)31-16-7-5-15(6-8-16)27-19(24)26-11-13-1-3-14(4-2-13)18(30)28-10-9-25-17(29)12-28/h1-8H,9-12H2,(H,25,29)(H3,24,26,27). The highest BCUT2D eigenvalue weighted by molar-refractivity contribution is 5.97. The van der Waals surface area contributed by atoms with Crippen molar-refractivity contribution in [3.05, 3.63) is 59.7 Å². The van der Waals surface area contributed by atoms with E-state index in [1.54, 1.807) is 24.3 Å². The molecule has 0 radical (unpaired) electrons. The Bertz CT molecular complexity index is 960. The van der Waals surface area contributed by atoms with Crippen molar-refractivity contribution >= 4 is 23.5 Å². The number of alkyl halides is 3. The molecule has 0 saturated carbocycles. The van der Waals surface area contributed by atoms with E-state index in [0.717, 1.165) is 17.7 Å². The number of anilines is 1. The van der Waals surface area contributed by atoms with Gasteiger partial charge in [-0.15, -0.1) is 13.2 Å². The zero-order valence-corrected chi connectivity index (χ0v) is 16.3. The van der Waals surface area contributed by atoms with Crippen LogP contribution in [0.4, 0.5) is 18.9 Å². The van der Waals surface area contributed by atoms with Gasteiger partial charge in [0, 0.05) is 24.3 Å². The van der Waals surface area contributed by atoms with Crippen LogP contribution >= 0.6 is 0 Å². The van der Waals surface area contributed by atoms with Crippen LogP contribution in [-0.4, -0.2) is 48.7 Å². The molecule has 4 N–H and O–H groups in total. The predicted octanol–water partition coefficient (Wildman–Crippen LogP) is 2.08. The van der Waals surface area contributed by atoms with Crippen LogP contribution in [0.5, 0.6) is 5.75 Å². The van der Waals surface area contributed by atoms with Crippen molar-refractivity contribution in [1.29, 1.82) is 0 Å². The molecule has 2 amide bonds. The van der Waals surface area contributed by atoms with Gasteiger partial charge in [-0.2, -0.15) is 0 Å². The molecule has 11 heteroatoms. The second-order valence-electron chi connectivity index (χ2n) is 6.67. The fourth-order valence-electron chi connectivity index (χ4n) is 2.85. The number of hydrogen-bond donors (Lipinski definition) is 3. The lowest BCUT2D eigenvalue weighted by molar-refractivity contribution is -0.274. The minimum absolute atomic E-state index is 0.0381. The maximum absolute atomic E-state index is 12.4. The molecule has 0 aliphatic carbocycles. The Labute approximate surface area is 175 Å². The van der Waals surface area contributed by atoms with Crippen LogP contribution < -0.4 is 21.1 Å². The number of aliphatic imine (C=N–C) groups is 1. The van der Waals surface area contributed by atoms with E-state index in [4.69, 9.17) is 5.73 Å². The third-order valence-corrected chi connectivity index (χ3v) is 4.32. The number of ether oxygens (including phenoxy) is 1. The number of carbonyl (C=O) groups excluding carboxylic acids is 2. The second-order valence-corrected chi connectivity index (χ2v) is 6.67. The Hall–Kier alpha value is -3.76. The van der Waals surface area contributed by atoms with E-state index < -0.39 is 6.36 Å². The lowest BCUT2D eigenvalue weighted by Gasteiger charge is -2.26. The Balaban J connectivity index is 1.54. The molecule has 1 saturated heterocycles. The molecule has 1 fully saturated rings. The van der Waals surface area contributed by atoms with E-state index >= 15 is 0 Å². The zero-order chi connectivity index (χ0) is 22.4. The first kappa shape index (κ1) is 21.9. The third-order valence-electron chi connectivity index (χ3n) is 4.32. The summed E-state index contributed by atoms with van der Waals surface area (Å²) in [6.07, 6.45) is -4.75. The van der Waals surface area contributed by atoms with E-state index in [1.807, 2.05) is 0 Å². The van der Waals surface area contributed by atoms with Gasteiger partial charge in [-0.25, -0.2) is 4.99 Å². The highest BCUT2D eigenvalue weighted by Crippen LogP contribution is 2.23. The van der Waals surface area contributed by atoms with Crippen molar-refractivity contribution in [2.75, 3.05) is 25.0 Å². The molecule has 1 heterocycles. The SMILES string of the molecule is NC(=NCc1ccc(C(=O)N2CCNC(=O)C2)cc1)Nc1ccc(OC(F)(F)F)cc1. The van der Waals surface area contributed by atoms with E-state index in [0.29, 0.717) is 24.3 Å². The quantitative estimate of drug-likeness (QED) is 0.492. The predicted molar refractivity (Wildman–Crippen MR) is 107 cm³/mol. The molecule has 3 rings (SSSR count). The summed E-state index contributed by atoms with van der Waals surface area (Å²) in [6.45, 7) is 1.16. The Morgan fingerprint density at radius 3 is 2.45 bits per heavy atom. The average Bonchev–Trinajstić information content (AvgIpc) is 2.72. The van der Waals surface area contributed by atoms with Crippen molar-refractivity contribution in [1.82, 2.24) is 10.2 Å². The zero-order valence-electron chi connectivity index (χ0n) is 16.3. The van der Waals surface area contributed by atoms with E-state index in [1.165, 1.54) is 17.0 Å². The molecule has 1 aliphatic rings. The number of nitrogens with two attached hydrogens (primary N) is 1. The topological polar surface area (TPSA) is 109 Å². The van der Waals surface area contributed by atoms with Gasteiger partial charge >= 0.3 is 6.36 Å². The van der Waals surface area contributed by atoms with Crippen LogP contribution in [0.15, 0.2) is 53.5 Å². The second kappa shape index (κ2) is 9.37. The smallest absolute Gasteiger partial charge is 0.406 e. The number of halogens is 3. The first-order valence-electron chi connectivity index (χ1n) is 9.27. The van der Waals surface area contributed by atoms with Crippen molar-refractivity contribution in [2.24, 2.45) is 10.7 Å². The molecule has 0 bridgehead atoms. The van der Waals surface area contributed by atoms with Crippen LogP contribution in [0, 0.1) is 0 Å². The van der Waals surface area contributed by atoms with Gasteiger partial charge in [-0.3, -0.25) is 9.59 Å². The molecule has 1 aliphatic heterocycles. The molecular formula is C20H20F3N5O3. The summed E-state index contributed by atoms with van der Waals surface area (Å²) >= 11 is 0. The number of amides is 2. The lowest BCUT2D eigenvalue weighted by Crippen LogP contribution is -2.49. The first-order valence-corrected chi connectivity index (χ1v) is 9.27. The summed E-state index contributed by atoms with van der Waals surface area (Å²) in [5, 5.41) is 5.44. The molecule has 2 aromatic rings. The molecule has 2 aromatic carbocycles. The minimum atomic E-state index is -4.75. The summed E-state index contributed by atoms with van der Waals surface area (Å²) in [5.74, 6) is -0.669. The summed E-state index contributed by atoms with van der Waals surface area (Å²) in [7, 11) is 0. The van der Waals surface area contributed by atoms with Gasteiger partial charge in [0.25, 0.3) is 5.91 Å². The summed E-state index contributed by atoms with van der Waals surface area (Å²) < 4.78 is 40.3. The maximum atomic E-state index is 12.4. The molecule has 31 heavy (non-hydrogen) atoms. The van der Waals surface area contributed by atoms with Gasteiger partial charge in [0.2, 0.25) is 5.91 Å². The molecule has 0 spiro atoms. The fraction of sp³-hybridized carbons (Fsp3) is 0.250. The molecular weight excluding hydrogens is 415 g/mol. The lowest BCUT2D eigenvalue weighted by atomic mass is 10.1. The van der Waals surface area contributed by atoms with Crippen molar-refractivity contribution in [3.63, 3.8) is 0 Å². The molecule has 0 aromatic heterocycles. The summed E-state index contributed by atoms with van der Waals surface area (Å²) in [4.78, 5) is 29.5. The highest BCUT2D eigenvalue weighted by atomic mass is 19.4. The van der Waals surface area contributed by atoms with Crippen molar-refractivity contribution < 1.29 is 27.5 Å². The minimum Gasteiger partial charge on any atom is -0.406 e. The molecule has 0 unspecified atom stereocenters. The van der Waals surface area contributed by atoms with Crippen molar-refractivity contribution in [2.45, 2.75) is 12.9 Å². The van der Waals surface area contributed by atoms with Gasteiger partial charge in [-0.05, 0) is 42.0 Å².